The molecule has 0 aliphatic carbocycles. The van der Waals surface area contributed by atoms with Gasteiger partial charge in [-0.3, -0.25) is 4.79 Å². The Labute approximate surface area is 107 Å². The van der Waals surface area contributed by atoms with E-state index in [1.54, 1.807) is 0 Å². The molecule has 5 heteroatoms. The van der Waals surface area contributed by atoms with Crippen LogP contribution in [-0.4, -0.2) is 41.8 Å². The third kappa shape index (κ3) is 2.90. The number of rotatable bonds is 3. The number of morpholine rings is 1. The van der Waals surface area contributed by atoms with E-state index in [0.29, 0.717) is 32.5 Å². The van der Waals surface area contributed by atoms with Crippen molar-refractivity contribution in [3.05, 3.63) is 17.0 Å². The number of aromatic nitrogens is 1. The first kappa shape index (κ1) is 13.1. The van der Waals surface area contributed by atoms with Gasteiger partial charge in [-0.2, -0.15) is 0 Å². The number of hydrogen-bond acceptors (Lipinski definition) is 4. The van der Waals surface area contributed by atoms with Gasteiger partial charge in [0.25, 0.3) is 0 Å². The molecule has 0 spiro atoms. The smallest absolute Gasteiger partial charge is 0.223 e. The highest BCUT2D eigenvalue weighted by molar-refractivity contribution is 5.76. The normalized spacial score (nSPS) is 20.2. The van der Waals surface area contributed by atoms with Crippen molar-refractivity contribution < 1.29 is 14.1 Å². The summed E-state index contributed by atoms with van der Waals surface area (Å²) in [5.41, 5.74) is 1.94. The van der Waals surface area contributed by atoms with Crippen LogP contribution in [0.5, 0.6) is 0 Å². The number of amides is 1. The Bertz CT molecular complexity index is 408. The summed E-state index contributed by atoms with van der Waals surface area (Å²) in [6.45, 7) is 7.82. The van der Waals surface area contributed by atoms with Gasteiger partial charge in [0.1, 0.15) is 5.76 Å². The van der Waals surface area contributed by atoms with Gasteiger partial charge in [-0.1, -0.05) is 5.16 Å². The van der Waals surface area contributed by atoms with E-state index < -0.39 is 0 Å². The summed E-state index contributed by atoms with van der Waals surface area (Å²) in [7, 11) is 0. The summed E-state index contributed by atoms with van der Waals surface area (Å²) < 4.78 is 10.5. The van der Waals surface area contributed by atoms with Crippen molar-refractivity contribution in [3.63, 3.8) is 0 Å². The predicted octanol–water partition coefficient (Wildman–Crippen LogP) is 1.47. The van der Waals surface area contributed by atoms with Crippen molar-refractivity contribution >= 4 is 5.91 Å². The average Bonchev–Trinajstić information content (AvgIpc) is 2.66. The monoisotopic (exact) mass is 252 g/mol. The lowest BCUT2D eigenvalue weighted by atomic mass is 10.1. The molecule has 1 aliphatic rings. The molecule has 0 aromatic carbocycles. The van der Waals surface area contributed by atoms with Gasteiger partial charge >= 0.3 is 0 Å². The first-order valence-electron chi connectivity index (χ1n) is 6.39. The Hall–Kier alpha value is -1.36. The first-order valence-corrected chi connectivity index (χ1v) is 6.39. The molecule has 18 heavy (non-hydrogen) atoms. The quantitative estimate of drug-likeness (QED) is 0.817. The molecule has 0 N–H and O–H groups in total. The molecule has 2 heterocycles. The van der Waals surface area contributed by atoms with Crippen LogP contribution in [0, 0.1) is 13.8 Å². The van der Waals surface area contributed by atoms with Crippen LogP contribution in [0.3, 0.4) is 0 Å². The van der Waals surface area contributed by atoms with Crippen molar-refractivity contribution in [2.45, 2.75) is 39.7 Å². The van der Waals surface area contributed by atoms with Crippen LogP contribution in [0.15, 0.2) is 4.52 Å². The molecule has 100 valence electrons. The fourth-order valence-electron chi connectivity index (χ4n) is 2.29. The largest absolute Gasteiger partial charge is 0.375 e. The summed E-state index contributed by atoms with van der Waals surface area (Å²) in [6, 6.07) is 0. The Kier molecular flexibility index (Phi) is 4.01. The molecule has 1 aromatic heterocycles. The van der Waals surface area contributed by atoms with Gasteiger partial charge in [0, 0.05) is 25.1 Å². The highest BCUT2D eigenvalue weighted by atomic mass is 16.5. The van der Waals surface area contributed by atoms with E-state index in [1.807, 2.05) is 25.7 Å². The van der Waals surface area contributed by atoms with Gasteiger partial charge in [-0.05, 0) is 27.2 Å². The van der Waals surface area contributed by atoms with E-state index in [-0.39, 0.29) is 12.0 Å². The van der Waals surface area contributed by atoms with Crippen LogP contribution in [0.1, 0.15) is 30.4 Å². The summed E-state index contributed by atoms with van der Waals surface area (Å²) in [4.78, 5) is 14.0. The molecule has 1 aliphatic heterocycles. The molecule has 1 atom stereocenters. The minimum absolute atomic E-state index is 0.141. The number of ether oxygens (including phenoxy) is 1. The van der Waals surface area contributed by atoms with Crippen molar-refractivity contribution in [2.24, 2.45) is 0 Å². The molecule has 1 fully saturated rings. The number of carbonyl (C=O) groups is 1. The average molecular weight is 252 g/mol. The highest BCUT2D eigenvalue weighted by Gasteiger charge is 2.21. The minimum atomic E-state index is 0.141. The minimum Gasteiger partial charge on any atom is -0.375 e. The molecule has 0 unspecified atom stereocenters. The molecule has 2 rings (SSSR count). The number of hydrogen-bond donors (Lipinski definition) is 0. The Morgan fingerprint density at radius 3 is 2.89 bits per heavy atom. The van der Waals surface area contributed by atoms with E-state index >= 15 is 0 Å². The summed E-state index contributed by atoms with van der Waals surface area (Å²) in [5, 5.41) is 3.90. The van der Waals surface area contributed by atoms with Crippen LogP contribution >= 0.6 is 0 Å². The van der Waals surface area contributed by atoms with Crippen molar-refractivity contribution in [3.8, 4) is 0 Å². The lowest BCUT2D eigenvalue weighted by Crippen LogP contribution is -2.44. The molecule has 1 aromatic rings. The number of nitrogens with zero attached hydrogens (tertiary/aromatic N) is 2. The van der Waals surface area contributed by atoms with Crippen LogP contribution in [0.25, 0.3) is 0 Å². The molecule has 1 amide bonds. The molecule has 1 saturated heterocycles. The lowest BCUT2D eigenvalue weighted by molar-refractivity contribution is -0.138. The third-order valence-corrected chi connectivity index (χ3v) is 3.36. The van der Waals surface area contributed by atoms with Gasteiger partial charge in [-0.15, -0.1) is 0 Å². The topological polar surface area (TPSA) is 55.6 Å². The fourth-order valence-corrected chi connectivity index (χ4v) is 2.29. The maximum absolute atomic E-state index is 12.1. The lowest BCUT2D eigenvalue weighted by Gasteiger charge is -2.31. The van der Waals surface area contributed by atoms with Gasteiger partial charge in [0.05, 0.1) is 18.4 Å². The number of carbonyl (C=O) groups excluding carboxylic acids is 1. The van der Waals surface area contributed by atoms with Crippen molar-refractivity contribution in [1.29, 1.82) is 0 Å². The van der Waals surface area contributed by atoms with Crippen LogP contribution in [0.2, 0.25) is 0 Å². The second kappa shape index (κ2) is 5.52. The zero-order chi connectivity index (χ0) is 13.1. The standard InChI is InChI=1S/C13H20N2O3/c1-9-8-15(6-7-17-9)13(16)5-4-12-10(2)14-18-11(12)3/h9H,4-8H2,1-3H3/t9-/m1/s1. The Morgan fingerprint density at radius 2 is 2.28 bits per heavy atom. The van der Waals surface area contributed by atoms with E-state index in [1.165, 1.54) is 0 Å². The third-order valence-electron chi connectivity index (χ3n) is 3.36. The summed E-state index contributed by atoms with van der Waals surface area (Å²) in [6.07, 6.45) is 1.35. The van der Waals surface area contributed by atoms with Crippen LogP contribution in [-0.2, 0) is 16.0 Å². The van der Waals surface area contributed by atoms with Gasteiger partial charge in [-0.25, -0.2) is 0 Å². The Morgan fingerprint density at radius 1 is 1.50 bits per heavy atom. The maximum atomic E-state index is 12.1. The van der Waals surface area contributed by atoms with Crippen LogP contribution in [0.4, 0.5) is 0 Å². The fraction of sp³-hybridized carbons (Fsp3) is 0.692. The second-order valence-electron chi connectivity index (χ2n) is 4.82. The predicted molar refractivity (Wildman–Crippen MR) is 66.3 cm³/mol. The molecule has 0 radical (unpaired) electrons. The molecule has 0 saturated carbocycles. The summed E-state index contributed by atoms with van der Waals surface area (Å²) >= 11 is 0. The molecule has 0 bridgehead atoms. The summed E-state index contributed by atoms with van der Waals surface area (Å²) in [5.74, 6) is 1.00. The number of aryl methyl sites for hydroxylation is 2. The first-order chi connectivity index (χ1) is 8.58. The molecular weight excluding hydrogens is 232 g/mol. The van der Waals surface area contributed by atoms with E-state index in [4.69, 9.17) is 9.26 Å². The van der Waals surface area contributed by atoms with Gasteiger partial charge < -0.3 is 14.2 Å². The van der Waals surface area contributed by atoms with Gasteiger partial charge in [0.15, 0.2) is 0 Å². The van der Waals surface area contributed by atoms with E-state index in [2.05, 4.69) is 5.16 Å². The maximum Gasteiger partial charge on any atom is 0.223 e. The van der Waals surface area contributed by atoms with Crippen molar-refractivity contribution in [1.82, 2.24) is 10.1 Å². The zero-order valence-corrected chi connectivity index (χ0v) is 11.2. The molecule has 5 nitrogen and oxygen atoms in total. The Balaban J connectivity index is 1.88. The van der Waals surface area contributed by atoms with Crippen LogP contribution < -0.4 is 0 Å². The van der Waals surface area contributed by atoms with E-state index in [0.717, 1.165) is 17.0 Å². The SMILES string of the molecule is Cc1noc(C)c1CCC(=O)N1CCO[C@H](C)C1. The second-order valence-corrected chi connectivity index (χ2v) is 4.82. The van der Waals surface area contributed by atoms with Crippen molar-refractivity contribution in [2.75, 3.05) is 19.7 Å². The molecular formula is C13H20N2O3. The van der Waals surface area contributed by atoms with Gasteiger partial charge in [0.2, 0.25) is 5.91 Å². The zero-order valence-electron chi connectivity index (χ0n) is 11.2. The highest BCUT2D eigenvalue weighted by Crippen LogP contribution is 2.15. The van der Waals surface area contributed by atoms with E-state index in [9.17, 15) is 4.79 Å².